The number of aryl methyl sites for hydroxylation is 1. The average Bonchev–Trinajstić information content (AvgIpc) is 3.24. The Balaban J connectivity index is 1.42. The highest BCUT2D eigenvalue weighted by atomic mass is 32.2. The highest BCUT2D eigenvalue weighted by Crippen LogP contribution is 2.18. The summed E-state index contributed by atoms with van der Waals surface area (Å²) in [6.07, 6.45) is 2.31. The molecule has 160 valence electrons. The van der Waals surface area contributed by atoms with Gasteiger partial charge in [-0.3, -0.25) is 9.59 Å². The Bertz CT molecular complexity index is 811. The van der Waals surface area contributed by atoms with Gasteiger partial charge in [-0.25, -0.2) is 8.42 Å². The van der Waals surface area contributed by atoms with Crippen molar-refractivity contribution in [3.8, 4) is 0 Å². The smallest absolute Gasteiger partial charge is 0.243 e. The summed E-state index contributed by atoms with van der Waals surface area (Å²) in [4.78, 5) is 26.2. The third-order valence-electron chi connectivity index (χ3n) is 5.37. The van der Waals surface area contributed by atoms with E-state index < -0.39 is 10.0 Å². The fourth-order valence-electron chi connectivity index (χ4n) is 3.54. The highest BCUT2D eigenvalue weighted by Gasteiger charge is 2.30. The first-order chi connectivity index (χ1) is 13.9. The van der Waals surface area contributed by atoms with Crippen LogP contribution in [0.25, 0.3) is 0 Å². The molecular formula is C20H29N3O5S. The van der Waals surface area contributed by atoms with E-state index in [1.54, 1.807) is 29.2 Å². The van der Waals surface area contributed by atoms with Gasteiger partial charge in [-0.2, -0.15) is 4.31 Å². The van der Waals surface area contributed by atoms with Crippen LogP contribution >= 0.6 is 0 Å². The molecule has 1 aromatic rings. The number of benzene rings is 1. The van der Waals surface area contributed by atoms with E-state index >= 15 is 0 Å². The van der Waals surface area contributed by atoms with Gasteiger partial charge in [0.15, 0.2) is 0 Å². The Kier molecular flexibility index (Phi) is 7.26. The number of piperazine rings is 1. The van der Waals surface area contributed by atoms with E-state index in [4.69, 9.17) is 4.74 Å². The molecule has 3 rings (SSSR count). The minimum atomic E-state index is -3.55. The Morgan fingerprint density at radius 3 is 2.41 bits per heavy atom. The van der Waals surface area contributed by atoms with Crippen LogP contribution in [0.3, 0.4) is 0 Å². The van der Waals surface area contributed by atoms with Crippen LogP contribution in [-0.2, 0) is 24.3 Å². The first-order valence-corrected chi connectivity index (χ1v) is 11.5. The maximum absolute atomic E-state index is 12.7. The lowest BCUT2D eigenvalue weighted by Crippen LogP contribution is -2.50. The average molecular weight is 424 g/mol. The zero-order chi connectivity index (χ0) is 20.9. The van der Waals surface area contributed by atoms with Crippen molar-refractivity contribution in [1.29, 1.82) is 0 Å². The van der Waals surface area contributed by atoms with Gasteiger partial charge in [-0.05, 0) is 31.9 Å². The molecule has 2 amide bonds. The summed E-state index contributed by atoms with van der Waals surface area (Å²) in [6.45, 7) is 4.32. The van der Waals surface area contributed by atoms with E-state index in [1.807, 2.05) is 6.92 Å². The van der Waals surface area contributed by atoms with E-state index in [0.29, 0.717) is 19.6 Å². The number of sulfonamides is 1. The fourth-order valence-corrected chi connectivity index (χ4v) is 4.96. The van der Waals surface area contributed by atoms with Gasteiger partial charge in [-0.15, -0.1) is 0 Å². The van der Waals surface area contributed by atoms with Crippen LogP contribution < -0.4 is 5.32 Å². The van der Waals surface area contributed by atoms with Crippen molar-refractivity contribution in [2.24, 2.45) is 0 Å². The standard InChI is InChI=1S/C20H29N3O5S/c1-16-4-6-18(7-5-16)29(26,27)23-12-10-22(11-13-23)20(25)9-8-19(24)21-15-17-3-2-14-28-17/h4-7,17H,2-3,8-15H2,1H3,(H,21,24)/t17-/m1/s1. The lowest BCUT2D eigenvalue weighted by molar-refractivity contribution is -0.134. The topological polar surface area (TPSA) is 96.0 Å². The van der Waals surface area contributed by atoms with E-state index in [0.717, 1.165) is 25.0 Å². The van der Waals surface area contributed by atoms with Crippen LogP contribution in [0.2, 0.25) is 0 Å². The molecule has 1 N–H and O–H groups in total. The summed E-state index contributed by atoms with van der Waals surface area (Å²) in [5.41, 5.74) is 0.999. The number of carbonyl (C=O) groups excluding carboxylic acids is 2. The molecule has 0 aliphatic carbocycles. The van der Waals surface area contributed by atoms with Crippen molar-refractivity contribution in [2.45, 2.75) is 43.6 Å². The first kappa shape index (κ1) is 21.7. The number of ether oxygens (including phenoxy) is 1. The number of hydrogen-bond acceptors (Lipinski definition) is 5. The van der Waals surface area contributed by atoms with Crippen molar-refractivity contribution >= 4 is 21.8 Å². The molecule has 2 aliphatic rings. The SMILES string of the molecule is Cc1ccc(S(=O)(=O)N2CCN(C(=O)CCC(=O)NC[C@H]3CCCO3)CC2)cc1. The van der Waals surface area contributed by atoms with E-state index in [-0.39, 0.29) is 48.7 Å². The van der Waals surface area contributed by atoms with Gasteiger partial charge in [0.05, 0.1) is 11.0 Å². The molecule has 1 atom stereocenters. The van der Waals surface area contributed by atoms with Gasteiger partial charge in [-0.1, -0.05) is 17.7 Å². The molecule has 9 heteroatoms. The van der Waals surface area contributed by atoms with Crippen LogP contribution in [0.5, 0.6) is 0 Å². The zero-order valence-electron chi connectivity index (χ0n) is 16.8. The van der Waals surface area contributed by atoms with Crippen LogP contribution in [0.4, 0.5) is 0 Å². The van der Waals surface area contributed by atoms with Gasteiger partial charge in [0.25, 0.3) is 0 Å². The molecule has 0 saturated carbocycles. The summed E-state index contributed by atoms with van der Waals surface area (Å²) in [5.74, 6) is -0.279. The molecule has 2 aliphatic heterocycles. The molecule has 2 saturated heterocycles. The maximum Gasteiger partial charge on any atom is 0.243 e. The van der Waals surface area contributed by atoms with Crippen LogP contribution in [0.15, 0.2) is 29.2 Å². The van der Waals surface area contributed by atoms with Crippen LogP contribution in [-0.4, -0.2) is 74.9 Å². The second-order valence-electron chi connectivity index (χ2n) is 7.54. The molecule has 8 nitrogen and oxygen atoms in total. The van der Waals surface area contributed by atoms with Crippen molar-refractivity contribution in [2.75, 3.05) is 39.3 Å². The monoisotopic (exact) mass is 423 g/mol. The van der Waals surface area contributed by atoms with E-state index in [9.17, 15) is 18.0 Å². The Morgan fingerprint density at radius 1 is 1.10 bits per heavy atom. The summed E-state index contributed by atoms with van der Waals surface area (Å²) in [7, 11) is -3.55. The Hall–Kier alpha value is -1.97. The normalized spacial score (nSPS) is 20.6. The lowest BCUT2D eigenvalue weighted by atomic mass is 10.2. The van der Waals surface area contributed by atoms with Gasteiger partial charge in [0, 0.05) is 52.2 Å². The van der Waals surface area contributed by atoms with Gasteiger partial charge >= 0.3 is 0 Å². The van der Waals surface area contributed by atoms with Gasteiger partial charge < -0.3 is 15.0 Å². The largest absolute Gasteiger partial charge is 0.376 e. The van der Waals surface area contributed by atoms with Crippen LogP contribution in [0, 0.1) is 6.92 Å². The Morgan fingerprint density at radius 2 is 1.79 bits per heavy atom. The molecule has 1 aromatic carbocycles. The molecular weight excluding hydrogens is 394 g/mol. The van der Waals surface area contributed by atoms with Crippen molar-refractivity contribution in [3.63, 3.8) is 0 Å². The minimum absolute atomic E-state index is 0.0817. The number of nitrogens with zero attached hydrogens (tertiary/aromatic N) is 2. The second kappa shape index (κ2) is 9.69. The van der Waals surface area contributed by atoms with E-state index in [2.05, 4.69) is 5.32 Å². The lowest BCUT2D eigenvalue weighted by Gasteiger charge is -2.34. The third-order valence-corrected chi connectivity index (χ3v) is 7.28. The molecule has 0 radical (unpaired) electrons. The van der Waals surface area contributed by atoms with Crippen LogP contribution in [0.1, 0.15) is 31.2 Å². The molecule has 0 unspecified atom stereocenters. The summed E-state index contributed by atoms with van der Waals surface area (Å²) in [6, 6.07) is 6.77. The number of carbonyl (C=O) groups is 2. The van der Waals surface area contributed by atoms with Crippen molar-refractivity contribution < 1.29 is 22.7 Å². The predicted molar refractivity (Wildman–Crippen MR) is 108 cm³/mol. The zero-order valence-corrected chi connectivity index (χ0v) is 17.6. The predicted octanol–water partition coefficient (Wildman–Crippen LogP) is 0.903. The van der Waals surface area contributed by atoms with Gasteiger partial charge in [0.2, 0.25) is 21.8 Å². The van der Waals surface area contributed by atoms with Crippen molar-refractivity contribution in [1.82, 2.24) is 14.5 Å². The molecule has 2 fully saturated rings. The number of rotatable bonds is 7. The highest BCUT2D eigenvalue weighted by molar-refractivity contribution is 7.89. The van der Waals surface area contributed by atoms with Crippen molar-refractivity contribution in [3.05, 3.63) is 29.8 Å². The molecule has 2 heterocycles. The molecule has 0 spiro atoms. The summed E-state index contributed by atoms with van der Waals surface area (Å²) >= 11 is 0. The maximum atomic E-state index is 12.7. The minimum Gasteiger partial charge on any atom is -0.376 e. The molecule has 0 aromatic heterocycles. The molecule has 0 bridgehead atoms. The third kappa shape index (κ3) is 5.77. The fraction of sp³-hybridized carbons (Fsp3) is 0.600. The molecule has 29 heavy (non-hydrogen) atoms. The number of amides is 2. The summed E-state index contributed by atoms with van der Waals surface area (Å²) < 4.78 is 32.3. The summed E-state index contributed by atoms with van der Waals surface area (Å²) in [5, 5.41) is 2.81. The van der Waals surface area contributed by atoms with Gasteiger partial charge in [0.1, 0.15) is 0 Å². The quantitative estimate of drug-likeness (QED) is 0.703. The number of hydrogen-bond donors (Lipinski definition) is 1. The van der Waals surface area contributed by atoms with E-state index in [1.165, 1.54) is 4.31 Å². The first-order valence-electron chi connectivity index (χ1n) is 10.1. The Labute approximate surface area is 172 Å². The second-order valence-corrected chi connectivity index (χ2v) is 9.47. The number of nitrogens with one attached hydrogen (secondary N) is 1.